The summed E-state index contributed by atoms with van der Waals surface area (Å²) in [7, 11) is 0. The number of hydrogen-bond donors (Lipinski definition) is 6. The Morgan fingerprint density at radius 1 is 1.30 bits per heavy atom. The summed E-state index contributed by atoms with van der Waals surface area (Å²) in [6.45, 7) is -1.40. The predicted octanol–water partition coefficient (Wildman–Crippen LogP) is -3.89. The number of amides is 1. The number of ether oxygens (including phenoxy) is 1. The van der Waals surface area contributed by atoms with Crippen LogP contribution in [-0.2, 0) is 14.3 Å². The average molecular weight is 336 g/mol. The van der Waals surface area contributed by atoms with Gasteiger partial charge in [-0.25, -0.2) is 4.90 Å². The number of nitroso groups, excluding NO2 is 1. The zero-order valence-corrected chi connectivity index (χ0v) is 12.1. The highest BCUT2D eigenvalue weighted by Gasteiger charge is 2.47. The van der Waals surface area contributed by atoms with Crippen LogP contribution < -0.4 is 11.5 Å². The number of aliphatic hydroxyl groups excluding tert-OH is 3. The summed E-state index contributed by atoms with van der Waals surface area (Å²) in [6.07, 6.45) is -6.35. The number of carboxylic acids is 1. The molecule has 1 unspecified atom stereocenters. The van der Waals surface area contributed by atoms with Gasteiger partial charge in [0.2, 0.25) is 5.91 Å². The first-order valence-electron chi connectivity index (χ1n) is 6.68. The van der Waals surface area contributed by atoms with Crippen LogP contribution in [0.25, 0.3) is 0 Å². The Balaban J connectivity index is 3.12. The minimum atomic E-state index is -1.58. The van der Waals surface area contributed by atoms with Gasteiger partial charge in [0.25, 0.3) is 0 Å². The predicted molar refractivity (Wildman–Crippen MR) is 73.5 cm³/mol. The van der Waals surface area contributed by atoms with Crippen LogP contribution in [0.1, 0.15) is 6.42 Å². The van der Waals surface area contributed by atoms with Crippen LogP contribution in [0.15, 0.2) is 5.18 Å². The van der Waals surface area contributed by atoms with Crippen molar-refractivity contribution in [2.75, 3.05) is 13.3 Å². The molecule has 0 radical (unpaired) electrons. The maximum atomic E-state index is 11.3. The Bertz CT molecular complexity index is 448. The molecule has 6 atom stereocenters. The number of aliphatic carboxylic acids is 1. The summed E-state index contributed by atoms with van der Waals surface area (Å²) in [5.74, 6) is -2.43. The van der Waals surface area contributed by atoms with Crippen LogP contribution in [-0.4, -0.2) is 87.1 Å². The zero-order valence-electron chi connectivity index (χ0n) is 12.1. The molecular weight excluding hydrogens is 316 g/mol. The van der Waals surface area contributed by atoms with E-state index >= 15 is 0 Å². The lowest BCUT2D eigenvalue weighted by Gasteiger charge is -2.45. The molecule has 23 heavy (non-hydrogen) atoms. The molecule has 1 heterocycles. The number of hydrogen-bond acceptors (Lipinski definition) is 10. The quantitative estimate of drug-likeness (QED) is 0.237. The number of rotatable bonds is 8. The first-order valence-corrected chi connectivity index (χ1v) is 6.68. The van der Waals surface area contributed by atoms with Crippen molar-refractivity contribution in [1.29, 1.82) is 0 Å². The lowest BCUT2D eigenvalue weighted by Crippen LogP contribution is -2.68. The van der Waals surface area contributed by atoms with E-state index in [9.17, 15) is 29.8 Å². The fourth-order valence-electron chi connectivity index (χ4n) is 2.38. The molecule has 1 rings (SSSR count). The monoisotopic (exact) mass is 336 g/mol. The van der Waals surface area contributed by atoms with Gasteiger partial charge < -0.3 is 36.6 Å². The summed E-state index contributed by atoms with van der Waals surface area (Å²) in [4.78, 5) is 33.8. The van der Waals surface area contributed by atoms with Gasteiger partial charge in [-0.1, -0.05) is 5.18 Å². The number of nitrogens with zero attached hydrogens (tertiary/aromatic N) is 2. The lowest BCUT2D eigenvalue weighted by molar-refractivity contribution is -0.233. The molecule has 0 aromatic carbocycles. The van der Waals surface area contributed by atoms with Gasteiger partial charge in [-0.2, -0.15) is 0 Å². The molecule has 0 spiro atoms. The number of carbonyl (C=O) groups excluding carboxylic acids is 1. The Hall–Kier alpha value is -1.70. The summed E-state index contributed by atoms with van der Waals surface area (Å²) >= 11 is 0. The van der Waals surface area contributed by atoms with Gasteiger partial charge in [-0.05, 0) is 0 Å². The molecule has 12 nitrogen and oxygen atoms in total. The molecule has 1 aliphatic heterocycles. The zero-order chi connectivity index (χ0) is 17.7. The van der Waals surface area contributed by atoms with Crippen molar-refractivity contribution < 1.29 is 34.8 Å². The average Bonchev–Trinajstić information content (AvgIpc) is 2.49. The minimum Gasteiger partial charge on any atom is -0.480 e. The largest absolute Gasteiger partial charge is 0.480 e. The van der Waals surface area contributed by atoms with Crippen molar-refractivity contribution in [3.05, 3.63) is 4.91 Å². The van der Waals surface area contributed by atoms with Crippen LogP contribution in [0, 0.1) is 4.91 Å². The molecule has 132 valence electrons. The standard InChI is InChI=1S/C11H20N4O8/c12-6(17)1-4(11(20)21)15(3-14-22)10-7(13)9(19)8(18)5(2-16)23-10/h4-5,7-10,16,18-19H,1-3,13H2,(H2,12,17)(H,20,21)/t4-,5-,7-,8-,9-,10?/m0/s1. The summed E-state index contributed by atoms with van der Waals surface area (Å²) in [6, 6.07) is -2.90. The van der Waals surface area contributed by atoms with E-state index < -0.39 is 68.2 Å². The Labute approximate surface area is 130 Å². The number of carboxylic acid groups (broad SMARTS) is 1. The van der Waals surface area contributed by atoms with Gasteiger partial charge in [-0.3, -0.25) is 9.59 Å². The van der Waals surface area contributed by atoms with Crippen molar-refractivity contribution in [3.8, 4) is 0 Å². The summed E-state index contributed by atoms with van der Waals surface area (Å²) in [5.41, 5.74) is 10.7. The molecule has 1 aliphatic rings. The molecule has 1 saturated heterocycles. The van der Waals surface area contributed by atoms with Crippen LogP contribution >= 0.6 is 0 Å². The van der Waals surface area contributed by atoms with Gasteiger partial charge in [0, 0.05) is 0 Å². The third-order valence-electron chi connectivity index (χ3n) is 3.58. The van der Waals surface area contributed by atoms with Crippen molar-refractivity contribution >= 4 is 11.9 Å². The van der Waals surface area contributed by atoms with Crippen LogP contribution in [0.4, 0.5) is 0 Å². The molecule has 0 saturated carbocycles. The van der Waals surface area contributed by atoms with Gasteiger partial charge >= 0.3 is 5.97 Å². The van der Waals surface area contributed by atoms with E-state index in [4.69, 9.17) is 21.3 Å². The first kappa shape index (κ1) is 19.3. The maximum Gasteiger partial charge on any atom is 0.321 e. The van der Waals surface area contributed by atoms with E-state index in [0.29, 0.717) is 0 Å². The van der Waals surface area contributed by atoms with Crippen molar-refractivity contribution in [2.45, 2.75) is 43.0 Å². The second-order valence-corrected chi connectivity index (χ2v) is 5.12. The topological polar surface area (TPSA) is 209 Å². The molecule has 1 amide bonds. The molecule has 0 aliphatic carbocycles. The Morgan fingerprint density at radius 3 is 2.35 bits per heavy atom. The van der Waals surface area contributed by atoms with Gasteiger partial charge in [0.1, 0.15) is 37.3 Å². The summed E-state index contributed by atoms with van der Waals surface area (Å²) in [5, 5.41) is 40.6. The third-order valence-corrected chi connectivity index (χ3v) is 3.58. The fourth-order valence-corrected chi connectivity index (χ4v) is 2.38. The molecule has 12 heteroatoms. The van der Waals surface area contributed by atoms with Gasteiger partial charge in [-0.15, -0.1) is 4.91 Å². The third kappa shape index (κ3) is 4.40. The van der Waals surface area contributed by atoms with E-state index in [1.807, 2.05) is 0 Å². The van der Waals surface area contributed by atoms with E-state index in [-0.39, 0.29) is 0 Å². The van der Waals surface area contributed by atoms with E-state index in [1.54, 1.807) is 0 Å². The molecule has 0 aromatic rings. The van der Waals surface area contributed by atoms with Crippen molar-refractivity contribution in [3.63, 3.8) is 0 Å². The number of aliphatic hydroxyl groups is 3. The van der Waals surface area contributed by atoms with Crippen molar-refractivity contribution in [1.82, 2.24) is 4.90 Å². The first-order chi connectivity index (χ1) is 10.7. The normalized spacial score (nSPS) is 32.5. The number of carbonyl (C=O) groups is 2. The van der Waals surface area contributed by atoms with E-state index in [1.165, 1.54) is 0 Å². The molecule has 0 aromatic heterocycles. The Morgan fingerprint density at radius 2 is 1.91 bits per heavy atom. The molecular formula is C11H20N4O8. The Kier molecular flexibility index (Phi) is 6.93. The summed E-state index contributed by atoms with van der Waals surface area (Å²) < 4.78 is 5.28. The van der Waals surface area contributed by atoms with Crippen LogP contribution in [0.5, 0.6) is 0 Å². The second kappa shape index (κ2) is 8.24. The highest BCUT2D eigenvalue weighted by atomic mass is 16.5. The van der Waals surface area contributed by atoms with Crippen LogP contribution in [0.3, 0.4) is 0 Å². The van der Waals surface area contributed by atoms with E-state index in [0.717, 1.165) is 4.90 Å². The lowest BCUT2D eigenvalue weighted by atomic mass is 9.95. The maximum absolute atomic E-state index is 11.3. The van der Waals surface area contributed by atoms with Crippen LogP contribution in [0.2, 0.25) is 0 Å². The molecule has 0 bridgehead atoms. The second-order valence-electron chi connectivity index (χ2n) is 5.12. The number of primary amides is 1. The smallest absolute Gasteiger partial charge is 0.321 e. The fraction of sp³-hybridized carbons (Fsp3) is 0.818. The molecule has 8 N–H and O–H groups in total. The highest BCUT2D eigenvalue weighted by molar-refractivity contribution is 5.83. The van der Waals surface area contributed by atoms with Gasteiger partial charge in [0.05, 0.1) is 19.1 Å². The SMILES string of the molecule is NC(=O)C[C@@H](C(=O)O)N(CN=O)C1O[C@@H](CO)[C@H](O)[C@@H](O)[C@@H]1N. The molecule has 1 fully saturated rings. The minimum absolute atomic E-state index is 0.653. The van der Waals surface area contributed by atoms with E-state index in [2.05, 4.69) is 5.18 Å². The van der Waals surface area contributed by atoms with Crippen molar-refractivity contribution in [2.24, 2.45) is 16.6 Å². The van der Waals surface area contributed by atoms with Gasteiger partial charge in [0.15, 0.2) is 0 Å². The highest BCUT2D eigenvalue weighted by Crippen LogP contribution is 2.24. The number of nitrogens with two attached hydrogens (primary N) is 2.